The van der Waals surface area contributed by atoms with Gasteiger partial charge in [-0.3, -0.25) is 4.98 Å². The van der Waals surface area contributed by atoms with Gasteiger partial charge < -0.3 is 4.90 Å². The van der Waals surface area contributed by atoms with Crippen LogP contribution in [0.4, 0.5) is 5.82 Å². The van der Waals surface area contributed by atoms with E-state index in [4.69, 9.17) is 4.98 Å². The van der Waals surface area contributed by atoms with Gasteiger partial charge in [-0.15, -0.1) is 0 Å². The first-order valence-electron chi connectivity index (χ1n) is 9.69. The molecule has 130 valence electrons. The highest BCUT2D eigenvalue weighted by atomic mass is 15.2. The average Bonchev–Trinajstić information content (AvgIpc) is 3.40. The van der Waals surface area contributed by atoms with Crippen LogP contribution < -0.4 is 4.90 Å². The summed E-state index contributed by atoms with van der Waals surface area (Å²) in [6, 6.07) is 17.0. The summed E-state index contributed by atoms with van der Waals surface area (Å²) in [5, 5.41) is 0. The maximum absolute atomic E-state index is 5.24. The molecular weight excluding hydrogens is 318 g/mol. The van der Waals surface area contributed by atoms with Crippen LogP contribution >= 0.6 is 0 Å². The van der Waals surface area contributed by atoms with E-state index in [-0.39, 0.29) is 0 Å². The van der Waals surface area contributed by atoms with E-state index in [2.05, 4.69) is 52.3 Å². The molecule has 2 aliphatic rings. The van der Waals surface area contributed by atoms with Crippen molar-refractivity contribution in [2.75, 3.05) is 18.0 Å². The largest absolute Gasteiger partial charge is 0.356 e. The normalized spacial score (nSPS) is 16.1. The highest BCUT2D eigenvalue weighted by Crippen LogP contribution is 2.43. The Morgan fingerprint density at radius 3 is 2.31 bits per heavy atom. The summed E-state index contributed by atoms with van der Waals surface area (Å²) in [4.78, 5) is 12.3. The van der Waals surface area contributed by atoms with E-state index in [1.54, 1.807) is 0 Å². The lowest BCUT2D eigenvalue weighted by Crippen LogP contribution is -2.21. The molecule has 0 spiro atoms. The minimum atomic E-state index is 1.01. The number of anilines is 1. The van der Waals surface area contributed by atoms with E-state index in [0.717, 1.165) is 43.1 Å². The number of hydrogen-bond donors (Lipinski definition) is 0. The molecule has 0 unspecified atom stereocenters. The maximum atomic E-state index is 5.24. The predicted octanol–water partition coefficient (Wildman–Crippen LogP) is 4.90. The number of fused-ring (bicyclic) bond motifs is 1. The lowest BCUT2D eigenvalue weighted by atomic mass is 9.95. The standard InChI is InChI=1S/C23H23N3/c1-2-9-17(10-3-1)21-18-11-8-12-19(18)22(20-13-4-5-14-24-20)25-23(21)26-15-6-7-16-26/h1-5,9-10,13-14H,6-8,11-12,15-16H2. The fraction of sp³-hybridized carbons (Fsp3) is 0.304. The van der Waals surface area contributed by atoms with Gasteiger partial charge in [0.15, 0.2) is 0 Å². The zero-order chi connectivity index (χ0) is 17.3. The van der Waals surface area contributed by atoms with Crippen molar-refractivity contribution in [3.8, 4) is 22.5 Å². The minimum absolute atomic E-state index is 1.01. The molecule has 1 saturated heterocycles. The first kappa shape index (κ1) is 15.6. The summed E-state index contributed by atoms with van der Waals surface area (Å²) in [5.41, 5.74) is 7.66. The number of aromatic nitrogens is 2. The van der Waals surface area contributed by atoms with Crippen molar-refractivity contribution in [3.05, 3.63) is 65.9 Å². The van der Waals surface area contributed by atoms with Crippen LogP contribution in [0.2, 0.25) is 0 Å². The van der Waals surface area contributed by atoms with Crippen molar-refractivity contribution in [3.63, 3.8) is 0 Å². The number of rotatable bonds is 3. The third-order valence-electron chi connectivity index (χ3n) is 5.62. The van der Waals surface area contributed by atoms with Crippen molar-refractivity contribution in [2.24, 2.45) is 0 Å². The van der Waals surface area contributed by atoms with E-state index in [0.29, 0.717) is 0 Å². The zero-order valence-corrected chi connectivity index (χ0v) is 15.0. The smallest absolute Gasteiger partial charge is 0.137 e. The van der Waals surface area contributed by atoms with Crippen molar-refractivity contribution >= 4 is 5.82 Å². The van der Waals surface area contributed by atoms with Crippen molar-refractivity contribution in [1.82, 2.24) is 9.97 Å². The van der Waals surface area contributed by atoms with Gasteiger partial charge in [0.25, 0.3) is 0 Å². The summed E-state index contributed by atoms with van der Waals surface area (Å²) in [5.74, 6) is 1.16. The van der Waals surface area contributed by atoms with Crippen LogP contribution in [0, 0.1) is 0 Å². The molecule has 0 atom stereocenters. The van der Waals surface area contributed by atoms with E-state index in [9.17, 15) is 0 Å². The molecule has 1 fully saturated rings. The lowest BCUT2D eigenvalue weighted by molar-refractivity contribution is 0.911. The second-order valence-electron chi connectivity index (χ2n) is 7.24. The van der Waals surface area contributed by atoms with Crippen LogP contribution in [0.25, 0.3) is 22.5 Å². The Bertz CT molecular complexity index is 913. The fourth-order valence-corrected chi connectivity index (χ4v) is 4.43. The van der Waals surface area contributed by atoms with Gasteiger partial charge >= 0.3 is 0 Å². The topological polar surface area (TPSA) is 29.0 Å². The molecule has 0 saturated carbocycles. The highest BCUT2D eigenvalue weighted by molar-refractivity contribution is 5.84. The molecule has 0 N–H and O–H groups in total. The van der Waals surface area contributed by atoms with E-state index >= 15 is 0 Å². The monoisotopic (exact) mass is 341 g/mol. The maximum Gasteiger partial charge on any atom is 0.137 e. The van der Waals surface area contributed by atoms with E-state index < -0.39 is 0 Å². The average molecular weight is 341 g/mol. The molecule has 3 nitrogen and oxygen atoms in total. The van der Waals surface area contributed by atoms with Gasteiger partial charge in [0.05, 0.1) is 11.4 Å². The van der Waals surface area contributed by atoms with Crippen molar-refractivity contribution < 1.29 is 0 Å². The Kier molecular flexibility index (Phi) is 3.93. The SMILES string of the molecule is c1ccc(-c2c(N3CCCC3)nc(-c3ccccn3)c3c2CCC3)cc1. The molecule has 5 rings (SSSR count). The van der Waals surface area contributed by atoms with Gasteiger partial charge in [-0.1, -0.05) is 36.4 Å². The van der Waals surface area contributed by atoms with Gasteiger partial charge in [-0.25, -0.2) is 4.98 Å². The van der Waals surface area contributed by atoms with Crippen LogP contribution in [-0.2, 0) is 12.8 Å². The number of nitrogens with zero attached hydrogens (tertiary/aromatic N) is 3. The van der Waals surface area contributed by atoms with E-state index in [1.807, 2.05) is 12.3 Å². The lowest BCUT2D eigenvalue weighted by Gasteiger charge is -2.24. The Hall–Kier alpha value is -2.68. The van der Waals surface area contributed by atoms with Gasteiger partial charge in [0, 0.05) is 24.8 Å². The Labute approximate surface area is 154 Å². The summed E-state index contributed by atoms with van der Waals surface area (Å²) in [6.07, 6.45) is 7.84. The number of benzene rings is 1. The second kappa shape index (κ2) is 6.56. The molecular formula is C23H23N3. The molecule has 0 radical (unpaired) electrons. The minimum Gasteiger partial charge on any atom is -0.356 e. The Balaban J connectivity index is 1.78. The molecule has 3 aromatic rings. The first-order valence-corrected chi connectivity index (χ1v) is 9.69. The van der Waals surface area contributed by atoms with Crippen LogP contribution in [0.5, 0.6) is 0 Å². The molecule has 0 bridgehead atoms. The van der Waals surface area contributed by atoms with Crippen LogP contribution in [0.3, 0.4) is 0 Å². The number of hydrogen-bond acceptors (Lipinski definition) is 3. The zero-order valence-electron chi connectivity index (χ0n) is 15.0. The van der Waals surface area contributed by atoms with Crippen LogP contribution in [0.1, 0.15) is 30.4 Å². The molecule has 0 amide bonds. The Morgan fingerprint density at radius 2 is 1.54 bits per heavy atom. The second-order valence-corrected chi connectivity index (χ2v) is 7.24. The van der Waals surface area contributed by atoms with E-state index in [1.165, 1.54) is 41.5 Å². The quantitative estimate of drug-likeness (QED) is 0.678. The Morgan fingerprint density at radius 1 is 0.769 bits per heavy atom. The molecule has 1 aliphatic heterocycles. The third kappa shape index (κ3) is 2.59. The first-order chi connectivity index (χ1) is 12.9. The van der Waals surface area contributed by atoms with Gasteiger partial charge in [-0.05, 0) is 60.9 Å². The van der Waals surface area contributed by atoms with Gasteiger partial charge in [0.1, 0.15) is 5.82 Å². The summed E-state index contributed by atoms with van der Waals surface area (Å²) in [7, 11) is 0. The van der Waals surface area contributed by atoms with Crippen molar-refractivity contribution in [1.29, 1.82) is 0 Å². The summed E-state index contributed by atoms with van der Waals surface area (Å²) < 4.78 is 0. The molecule has 26 heavy (non-hydrogen) atoms. The predicted molar refractivity (Wildman–Crippen MR) is 106 cm³/mol. The molecule has 2 aromatic heterocycles. The molecule has 3 heteroatoms. The molecule has 1 aromatic carbocycles. The summed E-state index contributed by atoms with van der Waals surface area (Å²) >= 11 is 0. The highest BCUT2D eigenvalue weighted by Gasteiger charge is 2.28. The van der Waals surface area contributed by atoms with Gasteiger partial charge in [0.2, 0.25) is 0 Å². The molecule has 1 aliphatic carbocycles. The third-order valence-corrected chi connectivity index (χ3v) is 5.62. The van der Waals surface area contributed by atoms with Crippen molar-refractivity contribution in [2.45, 2.75) is 32.1 Å². The van der Waals surface area contributed by atoms with Crippen LogP contribution in [0.15, 0.2) is 54.7 Å². The molecule has 3 heterocycles. The fourth-order valence-electron chi connectivity index (χ4n) is 4.43. The number of pyridine rings is 2. The van der Waals surface area contributed by atoms with Gasteiger partial charge in [-0.2, -0.15) is 0 Å². The summed E-state index contributed by atoms with van der Waals surface area (Å²) in [6.45, 7) is 2.21. The van der Waals surface area contributed by atoms with Crippen LogP contribution in [-0.4, -0.2) is 23.1 Å².